The van der Waals surface area contributed by atoms with Crippen molar-refractivity contribution in [2.75, 3.05) is 16.8 Å². The van der Waals surface area contributed by atoms with E-state index >= 15 is 0 Å². The van der Waals surface area contributed by atoms with Gasteiger partial charge in [-0.1, -0.05) is 13.0 Å². The summed E-state index contributed by atoms with van der Waals surface area (Å²) in [6.07, 6.45) is 0.525. The Balaban J connectivity index is 2.17. The van der Waals surface area contributed by atoms with E-state index in [9.17, 15) is 14.4 Å². The number of hydrogen-bond donors (Lipinski definition) is 2. The summed E-state index contributed by atoms with van der Waals surface area (Å²) in [4.78, 5) is 36.0. The Labute approximate surface area is 116 Å². The van der Waals surface area contributed by atoms with E-state index < -0.39 is 11.8 Å². The molecule has 1 aliphatic heterocycles. The van der Waals surface area contributed by atoms with Crippen LogP contribution >= 0.6 is 0 Å². The van der Waals surface area contributed by atoms with Crippen molar-refractivity contribution in [2.24, 2.45) is 11.7 Å². The number of anilines is 2. The molecule has 0 saturated carbocycles. The van der Waals surface area contributed by atoms with Crippen molar-refractivity contribution in [3.63, 3.8) is 0 Å². The lowest BCUT2D eigenvalue weighted by Crippen LogP contribution is -2.28. The number of primary amides is 1. The van der Waals surface area contributed by atoms with Gasteiger partial charge >= 0.3 is 0 Å². The molecule has 6 heteroatoms. The molecule has 1 saturated heterocycles. The monoisotopic (exact) mass is 275 g/mol. The third-order valence-corrected chi connectivity index (χ3v) is 3.29. The Kier molecular flexibility index (Phi) is 4.02. The van der Waals surface area contributed by atoms with Crippen LogP contribution in [0.1, 0.15) is 19.8 Å². The van der Waals surface area contributed by atoms with Crippen molar-refractivity contribution in [2.45, 2.75) is 19.8 Å². The zero-order valence-electron chi connectivity index (χ0n) is 11.3. The van der Waals surface area contributed by atoms with Crippen LogP contribution in [0.2, 0.25) is 0 Å². The first-order valence-corrected chi connectivity index (χ1v) is 6.51. The zero-order chi connectivity index (χ0) is 14.7. The number of nitrogens with one attached hydrogen (secondary N) is 1. The average Bonchev–Trinajstić information content (AvgIpc) is 2.81. The molecule has 1 heterocycles. The van der Waals surface area contributed by atoms with E-state index in [1.165, 1.54) is 4.90 Å². The predicted octanol–water partition coefficient (Wildman–Crippen LogP) is 0.873. The van der Waals surface area contributed by atoms with Crippen molar-refractivity contribution in [1.29, 1.82) is 0 Å². The van der Waals surface area contributed by atoms with Gasteiger partial charge in [0, 0.05) is 30.8 Å². The summed E-state index contributed by atoms with van der Waals surface area (Å²) in [5, 5.41) is 2.74. The second-order valence-corrected chi connectivity index (χ2v) is 4.76. The Morgan fingerprint density at radius 1 is 1.45 bits per heavy atom. The summed E-state index contributed by atoms with van der Waals surface area (Å²) in [6.45, 7) is 2.06. The van der Waals surface area contributed by atoms with E-state index in [2.05, 4.69) is 5.32 Å². The molecular weight excluding hydrogens is 258 g/mol. The largest absolute Gasteiger partial charge is 0.369 e. The van der Waals surface area contributed by atoms with Gasteiger partial charge in [-0.05, 0) is 18.2 Å². The number of nitrogens with two attached hydrogens (primary N) is 1. The molecule has 0 unspecified atom stereocenters. The van der Waals surface area contributed by atoms with Gasteiger partial charge < -0.3 is 16.0 Å². The fraction of sp³-hybridized carbons (Fsp3) is 0.357. The molecule has 1 atom stereocenters. The number of rotatable bonds is 4. The Morgan fingerprint density at radius 3 is 2.80 bits per heavy atom. The summed E-state index contributed by atoms with van der Waals surface area (Å²) < 4.78 is 0. The van der Waals surface area contributed by atoms with Gasteiger partial charge in [0.1, 0.15) is 0 Å². The third kappa shape index (κ3) is 2.96. The number of carbonyl (C=O) groups is 3. The van der Waals surface area contributed by atoms with Crippen LogP contribution in [-0.2, 0) is 14.4 Å². The summed E-state index contributed by atoms with van der Waals surface area (Å²) in [7, 11) is 0. The third-order valence-electron chi connectivity index (χ3n) is 3.29. The lowest BCUT2D eigenvalue weighted by Gasteiger charge is -2.17. The number of amides is 3. The summed E-state index contributed by atoms with van der Waals surface area (Å²) in [5.74, 6) is -1.13. The van der Waals surface area contributed by atoms with Crippen LogP contribution in [0.3, 0.4) is 0 Å². The van der Waals surface area contributed by atoms with Crippen molar-refractivity contribution >= 4 is 29.1 Å². The number of benzene rings is 1. The minimum atomic E-state index is -0.462. The van der Waals surface area contributed by atoms with Crippen LogP contribution in [-0.4, -0.2) is 24.3 Å². The maximum Gasteiger partial charge on any atom is 0.227 e. The van der Waals surface area contributed by atoms with Gasteiger partial charge in [0.25, 0.3) is 0 Å². The topological polar surface area (TPSA) is 92.5 Å². The van der Waals surface area contributed by atoms with Crippen molar-refractivity contribution in [1.82, 2.24) is 0 Å². The van der Waals surface area contributed by atoms with Crippen LogP contribution in [0.4, 0.5) is 11.4 Å². The van der Waals surface area contributed by atoms with E-state index in [4.69, 9.17) is 5.73 Å². The van der Waals surface area contributed by atoms with Gasteiger partial charge in [-0.2, -0.15) is 0 Å². The number of nitrogens with zero attached hydrogens (tertiary/aromatic N) is 1. The Morgan fingerprint density at radius 2 is 2.20 bits per heavy atom. The highest BCUT2D eigenvalue weighted by molar-refractivity contribution is 6.00. The normalized spacial score (nSPS) is 18.1. The van der Waals surface area contributed by atoms with Gasteiger partial charge in [0.05, 0.1) is 5.92 Å². The highest BCUT2D eigenvalue weighted by atomic mass is 16.2. The Bertz CT molecular complexity index is 556. The van der Waals surface area contributed by atoms with Crippen LogP contribution in [0.5, 0.6) is 0 Å². The van der Waals surface area contributed by atoms with Gasteiger partial charge in [-0.15, -0.1) is 0 Å². The number of carbonyl (C=O) groups excluding carboxylic acids is 3. The molecule has 106 valence electrons. The number of hydrogen-bond acceptors (Lipinski definition) is 3. The van der Waals surface area contributed by atoms with E-state index in [1.54, 1.807) is 31.2 Å². The van der Waals surface area contributed by atoms with Gasteiger partial charge in [-0.25, -0.2) is 0 Å². The second kappa shape index (κ2) is 5.73. The van der Waals surface area contributed by atoms with Crippen LogP contribution in [0.25, 0.3) is 0 Å². The zero-order valence-corrected chi connectivity index (χ0v) is 11.3. The molecule has 0 aliphatic carbocycles. The maximum atomic E-state index is 11.9. The lowest BCUT2D eigenvalue weighted by molar-refractivity contribution is -0.123. The smallest absolute Gasteiger partial charge is 0.227 e. The van der Waals surface area contributed by atoms with Gasteiger partial charge in [0.2, 0.25) is 17.7 Å². The predicted molar refractivity (Wildman–Crippen MR) is 75.0 cm³/mol. The maximum absolute atomic E-state index is 11.9. The lowest BCUT2D eigenvalue weighted by atomic mass is 10.1. The van der Waals surface area contributed by atoms with E-state index in [0.29, 0.717) is 24.3 Å². The standard InChI is InChI=1S/C14H17N3O3/c1-2-12(18)16-10-4-3-5-11(7-10)17-8-9(14(15)20)6-13(17)19/h3-5,7,9H,2,6,8H2,1H3,(H2,15,20)(H,16,18)/t9-/m1/s1. The second-order valence-electron chi connectivity index (χ2n) is 4.76. The fourth-order valence-corrected chi connectivity index (χ4v) is 2.15. The first-order valence-electron chi connectivity index (χ1n) is 6.51. The molecule has 1 aromatic rings. The first kappa shape index (κ1) is 14.0. The molecule has 0 radical (unpaired) electrons. The summed E-state index contributed by atoms with van der Waals surface area (Å²) >= 11 is 0. The van der Waals surface area contributed by atoms with Crippen LogP contribution in [0, 0.1) is 5.92 Å². The molecule has 20 heavy (non-hydrogen) atoms. The van der Waals surface area contributed by atoms with Crippen LogP contribution < -0.4 is 16.0 Å². The van der Waals surface area contributed by atoms with Crippen molar-refractivity contribution in [3.8, 4) is 0 Å². The molecule has 0 spiro atoms. The minimum absolute atomic E-state index is 0.0927. The molecule has 0 bridgehead atoms. The molecule has 1 fully saturated rings. The molecule has 3 amide bonds. The molecule has 1 aromatic carbocycles. The Hall–Kier alpha value is -2.37. The molecule has 0 aromatic heterocycles. The van der Waals surface area contributed by atoms with E-state index in [-0.39, 0.29) is 18.2 Å². The molecule has 6 nitrogen and oxygen atoms in total. The molecule has 1 aliphatic rings. The van der Waals surface area contributed by atoms with E-state index in [0.717, 1.165) is 0 Å². The molecular formula is C14H17N3O3. The fourth-order valence-electron chi connectivity index (χ4n) is 2.15. The summed E-state index contributed by atoms with van der Waals surface area (Å²) in [6, 6.07) is 6.99. The quantitative estimate of drug-likeness (QED) is 0.854. The summed E-state index contributed by atoms with van der Waals surface area (Å²) in [5.41, 5.74) is 6.53. The minimum Gasteiger partial charge on any atom is -0.369 e. The van der Waals surface area contributed by atoms with Crippen molar-refractivity contribution in [3.05, 3.63) is 24.3 Å². The van der Waals surface area contributed by atoms with Crippen LogP contribution in [0.15, 0.2) is 24.3 Å². The highest BCUT2D eigenvalue weighted by Crippen LogP contribution is 2.27. The SMILES string of the molecule is CCC(=O)Nc1cccc(N2C[C@H](C(N)=O)CC2=O)c1. The molecule has 2 rings (SSSR count). The highest BCUT2D eigenvalue weighted by Gasteiger charge is 2.33. The first-order chi connectivity index (χ1) is 9.51. The van der Waals surface area contributed by atoms with Gasteiger partial charge in [0.15, 0.2) is 0 Å². The average molecular weight is 275 g/mol. The molecule has 3 N–H and O–H groups in total. The van der Waals surface area contributed by atoms with E-state index in [1.807, 2.05) is 0 Å². The van der Waals surface area contributed by atoms with Gasteiger partial charge in [-0.3, -0.25) is 14.4 Å². The van der Waals surface area contributed by atoms with Crippen molar-refractivity contribution < 1.29 is 14.4 Å².